The summed E-state index contributed by atoms with van der Waals surface area (Å²) in [6.45, 7) is 5.24. The lowest BCUT2D eigenvalue weighted by molar-refractivity contribution is -0.142. The third kappa shape index (κ3) is 4.91. The van der Waals surface area contributed by atoms with Gasteiger partial charge in [0.15, 0.2) is 5.25 Å². The van der Waals surface area contributed by atoms with E-state index in [0.29, 0.717) is 0 Å². The Morgan fingerprint density at radius 3 is 2.38 bits per heavy atom. The second-order valence-corrected chi connectivity index (χ2v) is 5.71. The van der Waals surface area contributed by atoms with Crippen molar-refractivity contribution in [2.24, 2.45) is 11.7 Å². The molecule has 0 aromatic carbocycles. The minimum absolute atomic E-state index is 0.0729. The molecular formula is C9H20N2O4S. The Morgan fingerprint density at radius 1 is 1.44 bits per heavy atom. The van der Waals surface area contributed by atoms with E-state index in [1.807, 2.05) is 13.8 Å². The topological polar surface area (TPSA) is 98.5 Å². The van der Waals surface area contributed by atoms with Crippen LogP contribution in [0.5, 0.6) is 0 Å². The van der Waals surface area contributed by atoms with Crippen molar-refractivity contribution in [3.63, 3.8) is 0 Å². The summed E-state index contributed by atoms with van der Waals surface area (Å²) in [4.78, 5) is 11.5. The van der Waals surface area contributed by atoms with E-state index >= 15 is 0 Å². The van der Waals surface area contributed by atoms with Gasteiger partial charge in [-0.2, -0.15) is 0 Å². The molecule has 1 unspecified atom stereocenters. The van der Waals surface area contributed by atoms with Crippen LogP contribution in [0.1, 0.15) is 27.2 Å². The molecule has 0 aromatic heterocycles. The lowest BCUT2D eigenvalue weighted by atomic mass is 10.1. The molecule has 0 aliphatic heterocycles. The molecule has 0 heterocycles. The van der Waals surface area contributed by atoms with Crippen LogP contribution in [0.3, 0.4) is 0 Å². The van der Waals surface area contributed by atoms with Crippen LogP contribution >= 0.6 is 0 Å². The number of esters is 1. The zero-order valence-electron chi connectivity index (χ0n) is 9.89. The highest BCUT2D eigenvalue weighted by molar-refractivity contribution is 7.90. The van der Waals surface area contributed by atoms with Gasteiger partial charge in [0.25, 0.3) is 0 Å². The SMILES string of the molecule is CCOC(=O)C(CC(C)C)S(=O)(=O)NCN. The molecule has 0 spiro atoms. The highest BCUT2D eigenvalue weighted by Crippen LogP contribution is 2.13. The molecule has 0 bridgehead atoms. The van der Waals surface area contributed by atoms with Gasteiger partial charge >= 0.3 is 5.97 Å². The molecule has 0 fully saturated rings. The van der Waals surface area contributed by atoms with Crippen LogP contribution in [-0.2, 0) is 19.6 Å². The molecule has 6 nitrogen and oxygen atoms in total. The maximum absolute atomic E-state index is 11.7. The van der Waals surface area contributed by atoms with Gasteiger partial charge in [-0.3, -0.25) is 4.79 Å². The molecule has 0 aliphatic carbocycles. The van der Waals surface area contributed by atoms with Gasteiger partial charge in [-0.05, 0) is 19.3 Å². The average molecular weight is 252 g/mol. The van der Waals surface area contributed by atoms with E-state index < -0.39 is 21.2 Å². The van der Waals surface area contributed by atoms with Crippen molar-refractivity contribution in [1.82, 2.24) is 4.72 Å². The Balaban J connectivity index is 4.86. The minimum Gasteiger partial charge on any atom is -0.465 e. The van der Waals surface area contributed by atoms with Crippen molar-refractivity contribution >= 4 is 16.0 Å². The van der Waals surface area contributed by atoms with Crippen LogP contribution in [0.25, 0.3) is 0 Å². The smallest absolute Gasteiger partial charge is 0.325 e. The fourth-order valence-corrected chi connectivity index (χ4v) is 2.62. The molecule has 0 aliphatic rings. The number of sulfonamides is 1. The maximum atomic E-state index is 11.7. The third-order valence-electron chi connectivity index (χ3n) is 1.89. The molecule has 0 radical (unpaired) electrons. The lowest BCUT2D eigenvalue weighted by Crippen LogP contribution is -2.43. The molecule has 1 atom stereocenters. The van der Waals surface area contributed by atoms with Crippen LogP contribution in [0.4, 0.5) is 0 Å². The van der Waals surface area contributed by atoms with E-state index in [-0.39, 0.29) is 25.6 Å². The largest absolute Gasteiger partial charge is 0.465 e. The summed E-state index contributed by atoms with van der Waals surface area (Å²) < 4.78 is 30.2. The van der Waals surface area contributed by atoms with Crippen molar-refractivity contribution < 1.29 is 17.9 Å². The normalized spacial score (nSPS) is 13.8. The highest BCUT2D eigenvalue weighted by atomic mass is 32.2. The van der Waals surface area contributed by atoms with Crippen molar-refractivity contribution in [1.29, 1.82) is 0 Å². The first kappa shape index (κ1) is 15.3. The monoisotopic (exact) mass is 252 g/mol. The number of rotatable bonds is 7. The van der Waals surface area contributed by atoms with E-state index in [1.54, 1.807) is 6.92 Å². The minimum atomic E-state index is -3.74. The number of ether oxygens (including phenoxy) is 1. The van der Waals surface area contributed by atoms with Crippen molar-refractivity contribution in [2.45, 2.75) is 32.4 Å². The predicted octanol–water partition coefficient (Wildman–Crippen LogP) is -0.200. The van der Waals surface area contributed by atoms with Crippen molar-refractivity contribution in [2.75, 3.05) is 13.3 Å². The Bertz CT molecular complexity index is 313. The Kier molecular flexibility index (Phi) is 6.54. The number of nitrogens with two attached hydrogens (primary N) is 1. The van der Waals surface area contributed by atoms with Crippen LogP contribution < -0.4 is 10.5 Å². The number of hydrogen-bond acceptors (Lipinski definition) is 5. The number of hydrogen-bond donors (Lipinski definition) is 2. The standard InChI is InChI=1S/C9H20N2O4S/c1-4-15-9(12)8(5-7(2)3)16(13,14)11-6-10/h7-8,11H,4-6,10H2,1-3H3. The molecule has 0 aromatic rings. The van der Waals surface area contributed by atoms with Gasteiger partial charge in [0, 0.05) is 0 Å². The van der Waals surface area contributed by atoms with Gasteiger partial charge in [0.1, 0.15) is 0 Å². The van der Waals surface area contributed by atoms with E-state index in [0.717, 1.165) is 0 Å². The van der Waals surface area contributed by atoms with E-state index in [2.05, 4.69) is 4.72 Å². The van der Waals surface area contributed by atoms with Crippen molar-refractivity contribution in [3.05, 3.63) is 0 Å². The van der Waals surface area contributed by atoms with Crippen molar-refractivity contribution in [3.8, 4) is 0 Å². The zero-order chi connectivity index (χ0) is 12.8. The summed E-state index contributed by atoms with van der Waals surface area (Å²) in [5.74, 6) is -0.652. The Labute approximate surface area is 96.6 Å². The number of carbonyl (C=O) groups excluding carboxylic acids is 1. The molecule has 3 N–H and O–H groups in total. The van der Waals surface area contributed by atoms with Gasteiger partial charge in [0.05, 0.1) is 13.3 Å². The van der Waals surface area contributed by atoms with E-state index in [9.17, 15) is 13.2 Å². The summed E-state index contributed by atoms with van der Waals surface area (Å²) in [6, 6.07) is 0. The van der Waals surface area contributed by atoms with E-state index in [1.165, 1.54) is 0 Å². The summed E-state index contributed by atoms with van der Waals surface area (Å²) >= 11 is 0. The lowest BCUT2D eigenvalue weighted by Gasteiger charge is -2.17. The molecular weight excluding hydrogens is 232 g/mol. The molecule has 7 heteroatoms. The molecule has 0 rings (SSSR count). The van der Waals surface area contributed by atoms with E-state index in [4.69, 9.17) is 10.5 Å². The Morgan fingerprint density at radius 2 is 2.00 bits per heavy atom. The highest BCUT2D eigenvalue weighted by Gasteiger charge is 2.33. The molecule has 0 amide bonds. The first-order valence-corrected chi connectivity index (χ1v) is 6.75. The number of nitrogens with one attached hydrogen (secondary N) is 1. The maximum Gasteiger partial charge on any atom is 0.325 e. The summed E-state index contributed by atoms with van der Waals surface area (Å²) in [5, 5.41) is -1.18. The summed E-state index contributed by atoms with van der Waals surface area (Å²) in [7, 11) is -3.74. The van der Waals surface area contributed by atoms with Gasteiger partial charge in [-0.15, -0.1) is 0 Å². The van der Waals surface area contributed by atoms with Gasteiger partial charge in [0.2, 0.25) is 10.0 Å². The van der Waals surface area contributed by atoms with Crippen LogP contribution in [0.2, 0.25) is 0 Å². The van der Waals surface area contributed by atoms with Gasteiger partial charge in [-0.1, -0.05) is 13.8 Å². The first-order chi connectivity index (χ1) is 7.35. The fourth-order valence-electron chi connectivity index (χ4n) is 1.23. The third-order valence-corrected chi connectivity index (χ3v) is 3.60. The quantitative estimate of drug-likeness (QED) is 0.483. The zero-order valence-corrected chi connectivity index (χ0v) is 10.7. The summed E-state index contributed by atoms with van der Waals surface area (Å²) in [5.41, 5.74) is 5.11. The average Bonchev–Trinajstić information content (AvgIpc) is 2.13. The van der Waals surface area contributed by atoms with Gasteiger partial charge in [-0.25, -0.2) is 13.1 Å². The predicted molar refractivity (Wildman–Crippen MR) is 61.0 cm³/mol. The molecule has 0 saturated heterocycles. The van der Waals surface area contributed by atoms with Crippen LogP contribution in [0, 0.1) is 5.92 Å². The summed E-state index contributed by atoms with van der Waals surface area (Å²) in [6.07, 6.45) is 0.216. The first-order valence-electron chi connectivity index (χ1n) is 5.20. The van der Waals surface area contributed by atoms with Gasteiger partial charge < -0.3 is 10.5 Å². The van der Waals surface area contributed by atoms with Crippen LogP contribution in [-0.4, -0.2) is 32.9 Å². The molecule has 96 valence electrons. The fraction of sp³-hybridized carbons (Fsp3) is 0.889. The second kappa shape index (κ2) is 6.82. The molecule has 16 heavy (non-hydrogen) atoms. The molecule has 0 saturated carbocycles. The second-order valence-electron chi connectivity index (χ2n) is 3.76. The van der Waals surface area contributed by atoms with Crippen LogP contribution in [0.15, 0.2) is 0 Å². The number of carbonyl (C=O) groups is 1. The Hall–Kier alpha value is -0.660.